The van der Waals surface area contributed by atoms with Gasteiger partial charge in [0.25, 0.3) is 5.69 Å². The minimum atomic E-state index is -0.413. The Balaban J connectivity index is 2.95. The molecule has 0 aromatic heterocycles. The first-order valence-electron chi connectivity index (χ1n) is 6.98. The molecule has 1 rings (SSSR count). The van der Waals surface area contributed by atoms with Crippen LogP contribution < -0.4 is 11.3 Å². The van der Waals surface area contributed by atoms with Gasteiger partial charge in [-0.05, 0) is 18.0 Å². The standard InChI is InChI=1S/C14H24N4O2/c1-4-11(3)9-17(5-2)10-12-7-6-8-13(18(19)20)14(12)16-15/h6-8,11,16H,4-5,9-10,15H2,1-3H3. The van der Waals surface area contributed by atoms with E-state index in [0.29, 0.717) is 18.2 Å². The molecule has 3 N–H and O–H groups in total. The van der Waals surface area contributed by atoms with Crippen molar-refractivity contribution in [1.82, 2.24) is 4.90 Å². The number of anilines is 1. The first-order valence-corrected chi connectivity index (χ1v) is 6.98. The summed E-state index contributed by atoms with van der Waals surface area (Å²) in [5.41, 5.74) is 3.75. The van der Waals surface area contributed by atoms with Gasteiger partial charge in [-0.3, -0.25) is 20.9 Å². The second-order valence-corrected chi connectivity index (χ2v) is 5.05. The highest BCUT2D eigenvalue weighted by molar-refractivity contribution is 5.65. The van der Waals surface area contributed by atoms with Crippen molar-refractivity contribution in [2.45, 2.75) is 33.7 Å². The molecule has 20 heavy (non-hydrogen) atoms. The van der Waals surface area contributed by atoms with Gasteiger partial charge < -0.3 is 5.43 Å². The average Bonchev–Trinajstić information content (AvgIpc) is 2.45. The van der Waals surface area contributed by atoms with Crippen molar-refractivity contribution < 1.29 is 4.92 Å². The second-order valence-electron chi connectivity index (χ2n) is 5.05. The Kier molecular flexibility index (Phi) is 6.41. The Morgan fingerprint density at radius 1 is 1.45 bits per heavy atom. The highest BCUT2D eigenvalue weighted by atomic mass is 16.6. The highest BCUT2D eigenvalue weighted by Gasteiger charge is 2.18. The van der Waals surface area contributed by atoms with Crippen LogP contribution in [0.1, 0.15) is 32.8 Å². The quantitative estimate of drug-likeness (QED) is 0.434. The maximum atomic E-state index is 11.0. The molecular weight excluding hydrogens is 256 g/mol. The fourth-order valence-corrected chi connectivity index (χ4v) is 2.15. The number of hydrazine groups is 1. The zero-order valence-corrected chi connectivity index (χ0v) is 12.4. The number of nitrogens with zero attached hydrogens (tertiary/aromatic N) is 2. The van der Waals surface area contributed by atoms with Crippen LogP contribution in [0.5, 0.6) is 0 Å². The Bertz CT molecular complexity index is 451. The van der Waals surface area contributed by atoms with E-state index in [4.69, 9.17) is 5.84 Å². The second kappa shape index (κ2) is 7.81. The number of benzene rings is 1. The molecule has 0 saturated heterocycles. The Hall–Kier alpha value is -1.66. The lowest BCUT2D eigenvalue weighted by Crippen LogP contribution is -2.28. The fraction of sp³-hybridized carbons (Fsp3) is 0.571. The summed E-state index contributed by atoms with van der Waals surface area (Å²) in [4.78, 5) is 12.9. The van der Waals surface area contributed by atoms with E-state index in [-0.39, 0.29) is 5.69 Å². The molecule has 6 nitrogen and oxygen atoms in total. The summed E-state index contributed by atoms with van der Waals surface area (Å²) in [5, 5.41) is 11.0. The van der Waals surface area contributed by atoms with E-state index in [2.05, 4.69) is 31.1 Å². The predicted molar refractivity (Wildman–Crippen MR) is 81.3 cm³/mol. The summed E-state index contributed by atoms with van der Waals surface area (Å²) in [6.07, 6.45) is 1.12. The van der Waals surface area contributed by atoms with Gasteiger partial charge in [0.2, 0.25) is 0 Å². The molecule has 0 spiro atoms. The van der Waals surface area contributed by atoms with Gasteiger partial charge in [-0.2, -0.15) is 0 Å². The molecule has 6 heteroatoms. The van der Waals surface area contributed by atoms with Crippen molar-refractivity contribution in [2.75, 3.05) is 18.5 Å². The van der Waals surface area contributed by atoms with Crippen molar-refractivity contribution >= 4 is 11.4 Å². The molecule has 0 aliphatic carbocycles. The van der Waals surface area contributed by atoms with E-state index in [0.717, 1.165) is 25.1 Å². The van der Waals surface area contributed by atoms with Crippen LogP contribution in [-0.4, -0.2) is 22.9 Å². The molecule has 1 aromatic carbocycles. The molecule has 0 radical (unpaired) electrons. The number of para-hydroxylation sites is 1. The number of nitrogens with two attached hydrogens (primary N) is 1. The first-order chi connectivity index (χ1) is 9.53. The molecule has 0 heterocycles. The molecule has 0 fully saturated rings. The van der Waals surface area contributed by atoms with Crippen LogP contribution in [-0.2, 0) is 6.54 Å². The molecule has 1 aromatic rings. The molecular formula is C14H24N4O2. The third-order valence-corrected chi connectivity index (χ3v) is 3.58. The lowest BCUT2D eigenvalue weighted by molar-refractivity contribution is -0.384. The van der Waals surface area contributed by atoms with Gasteiger partial charge in [-0.25, -0.2) is 0 Å². The van der Waals surface area contributed by atoms with E-state index >= 15 is 0 Å². The summed E-state index contributed by atoms with van der Waals surface area (Å²) < 4.78 is 0. The number of hydrogen-bond acceptors (Lipinski definition) is 5. The number of nitro groups is 1. The summed E-state index contributed by atoms with van der Waals surface area (Å²) in [7, 11) is 0. The smallest absolute Gasteiger partial charge is 0.293 e. The third-order valence-electron chi connectivity index (χ3n) is 3.58. The maximum Gasteiger partial charge on any atom is 0.293 e. The Labute approximate surface area is 120 Å². The SMILES string of the molecule is CCC(C)CN(CC)Cc1cccc([N+](=O)[O-])c1NN. The van der Waals surface area contributed by atoms with Crippen molar-refractivity contribution in [3.05, 3.63) is 33.9 Å². The molecule has 0 bridgehead atoms. The van der Waals surface area contributed by atoms with Gasteiger partial charge in [-0.15, -0.1) is 0 Å². The third kappa shape index (κ3) is 4.18. The minimum absolute atomic E-state index is 0.0181. The van der Waals surface area contributed by atoms with Crippen LogP contribution in [0.15, 0.2) is 18.2 Å². The van der Waals surface area contributed by atoms with Crippen LogP contribution in [0.3, 0.4) is 0 Å². The number of nitro benzene ring substituents is 1. The summed E-state index contributed by atoms with van der Waals surface area (Å²) in [6, 6.07) is 5.04. The Morgan fingerprint density at radius 3 is 2.65 bits per heavy atom. The van der Waals surface area contributed by atoms with Gasteiger partial charge in [0.1, 0.15) is 5.69 Å². The molecule has 1 atom stereocenters. The average molecular weight is 280 g/mol. The minimum Gasteiger partial charge on any atom is -0.318 e. The predicted octanol–water partition coefficient (Wildman–Crippen LogP) is 2.75. The number of nitrogen functional groups attached to an aromatic ring is 1. The summed E-state index contributed by atoms with van der Waals surface area (Å²) in [6.45, 7) is 8.99. The van der Waals surface area contributed by atoms with E-state index in [9.17, 15) is 10.1 Å². The van der Waals surface area contributed by atoms with Crippen LogP contribution in [0.2, 0.25) is 0 Å². The monoisotopic (exact) mass is 280 g/mol. The largest absolute Gasteiger partial charge is 0.318 e. The highest BCUT2D eigenvalue weighted by Crippen LogP contribution is 2.28. The van der Waals surface area contributed by atoms with Crippen LogP contribution >= 0.6 is 0 Å². The summed E-state index contributed by atoms with van der Waals surface area (Å²) >= 11 is 0. The number of rotatable bonds is 8. The topological polar surface area (TPSA) is 84.4 Å². The van der Waals surface area contributed by atoms with E-state index in [1.54, 1.807) is 6.07 Å². The molecule has 0 aliphatic rings. The van der Waals surface area contributed by atoms with Gasteiger partial charge in [0.05, 0.1) is 4.92 Å². The van der Waals surface area contributed by atoms with Crippen molar-refractivity contribution in [3.8, 4) is 0 Å². The van der Waals surface area contributed by atoms with E-state index < -0.39 is 4.92 Å². The van der Waals surface area contributed by atoms with Gasteiger partial charge in [0, 0.05) is 19.2 Å². The zero-order valence-electron chi connectivity index (χ0n) is 12.4. The van der Waals surface area contributed by atoms with Crippen LogP contribution in [0.4, 0.5) is 11.4 Å². The van der Waals surface area contributed by atoms with Crippen molar-refractivity contribution in [3.63, 3.8) is 0 Å². The molecule has 0 saturated carbocycles. The number of hydrogen-bond donors (Lipinski definition) is 2. The van der Waals surface area contributed by atoms with E-state index in [1.165, 1.54) is 6.07 Å². The maximum absolute atomic E-state index is 11.0. The van der Waals surface area contributed by atoms with Gasteiger partial charge in [0.15, 0.2) is 0 Å². The lowest BCUT2D eigenvalue weighted by atomic mass is 10.1. The first kappa shape index (κ1) is 16.4. The molecule has 0 aliphatic heterocycles. The molecule has 0 amide bonds. The zero-order chi connectivity index (χ0) is 15.1. The molecule has 1 unspecified atom stereocenters. The van der Waals surface area contributed by atoms with Crippen LogP contribution in [0, 0.1) is 16.0 Å². The fourth-order valence-electron chi connectivity index (χ4n) is 2.15. The summed E-state index contributed by atoms with van der Waals surface area (Å²) in [5.74, 6) is 6.06. The van der Waals surface area contributed by atoms with Crippen molar-refractivity contribution in [2.24, 2.45) is 11.8 Å². The van der Waals surface area contributed by atoms with E-state index in [1.807, 2.05) is 6.07 Å². The normalized spacial score (nSPS) is 12.4. The number of nitrogens with one attached hydrogen (secondary N) is 1. The lowest BCUT2D eigenvalue weighted by Gasteiger charge is -2.24. The molecule has 112 valence electrons. The van der Waals surface area contributed by atoms with Crippen LogP contribution in [0.25, 0.3) is 0 Å². The Morgan fingerprint density at radius 2 is 2.15 bits per heavy atom. The van der Waals surface area contributed by atoms with Gasteiger partial charge >= 0.3 is 0 Å². The van der Waals surface area contributed by atoms with Crippen molar-refractivity contribution in [1.29, 1.82) is 0 Å². The van der Waals surface area contributed by atoms with Gasteiger partial charge in [-0.1, -0.05) is 39.3 Å².